The van der Waals surface area contributed by atoms with Crippen molar-refractivity contribution in [3.8, 4) is 0 Å². The molecule has 2 heteroatoms. The van der Waals surface area contributed by atoms with Crippen molar-refractivity contribution < 1.29 is 0 Å². The molecule has 1 unspecified atom stereocenters. The van der Waals surface area contributed by atoms with Gasteiger partial charge in [0.25, 0.3) is 0 Å². The summed E-state index contributed by atoms with van der Waals surface area (Å²) in [5.74, 6) is 1.10. The van der Waals surface area contributed by atoms with Crippen LogP contribution >= 0.6 is 12.6 Å². The summed E-state index contributed by atoms with van der Waals surface area (Å²) in [4.78, 5) is 2.81. The number of rotatable bonds is 4. The van der Waals surface area contributed by atoms with E-state index in [1.165, 1.54) is 70.9 Å². The maximum atomic E-state index is 4.66. The van der Waals surface area contributed by atoms with Crippen molar-refractivity contribution in [3.63, 3.8) is 0 Å². The van der Waals surface area contributed by atoms with E-state index in [0.29, 0.717) is 5.41 Å². The normalized spacial score (nSPS) is 30.4. The third kappa shape index (κ3) is 3.41. The van der Waals surface area contributed by atoms with Gasteiger partial charge in [0, 0.05) is 12.6 Å². The molecule has 1 aliphatic carbocycles. The van der Waals surface area contributed by atoms with E-state index in [-0.39, 0.29) is 0 Å². The second-order valence-corrected chi connectivity index (χ2v) is 6.56. The Morgan fingerprint density at radius 2 is 1.88 bits per heavy atom. The highest BCUT2D eigenvalue weighted by atomic mass is 32.1. The fraction of sp³-hybridized carbons (Fsp3) is 1.00. The van der Waals surface area contributed by atoms with Crippen molar-refractivity contribution in [2.45, 2.75) is 70.8 Å². The van der Waals surface area contributed by atoms with E-state index in [0.717, 1.165) is 11.8 Å². The summed E-state index contributed by atoms with van der Waals surface area (Å²) in [7, 11) is 0. The molecule has 1 heterocycles. The second-order valence-electron chi connectivity index (χ2n) is 6.25. The minimum absolute atomic E-state index is 0.556. The first-order chi connectivity index (χ1) is 8.29. The van der Waals surface area contributed by atoms with E-state index >= 15 is 0 Å². The lowest BCUT2D eigenvalue weighted by Gasteiger charge is -2.38. The van der Waals surface area contributed by atoms with E-state index in [4.69, 9.17) is 0 Å². The molecule has 17 heavy (non-hydrogen) atoms. The largest absolute Gasteiger partial charge is 0.300 e. The zero-order valence-corrected chi connectivity index (χ0v) is 12.4. The highest BCUT2D eigenvalue weighted by molar-refractivity contribution is 7.80. The third-order valence-corrected chi connectivity index (χ3v) is 5.68. The van der Waals surface area contributed by atoms with Gasteiger partial charge in [0.1, 0.15) is 0 Å². The van der Waals surface area contributed by atoms with Crippen LogP contribution in [0, 0.1) is 5.41 Å². The molecule has 2 fully saturated rings. The maximum Gasteiger partial charge on any atom is 0.00928 e. The molecule has 0 N–H and O–H groups in total. The number of thiol groups is 1. The quantitative estimate of drug-likeness (QED) is 0.739. The molecule has 0 radical (unpaired) electrons. The lowest BCUT2D eigenvalue weighted by molar-refractivity contribution is 0.123. The molecule has 1 aliphatic heterocycles. The fourth-order valence-corrected chi connectivity index (χ4v) is 4.25. The molecule has 0 aromatic carbocycles. The molecule has 1 saturated carbocycles. The highest BCUT2D eigenvalue weighted by Crippen LogP contribution is 2.40. The van der Waals surface area contributed by atoms with Gasteiger partial charge in [-0.1, -0.05) is 32.6 Å². The molecule has 1 saturated heterocycles. The lowest BCUT2D eigenvalue weighted by atomic mass is 9.87. The van der Waals surface area contributed by atoms with E-state index < -0.39 is 0 Å². The summed E-state index contributed by atoms with van der Waals surface area (Å²) in [6.45, 7) is 5.04. The predicted octanol–water partition coefficient (Wildman–Crippen LogP) is 4.13. The number of nitrogens with zero attached hydrogens (tertiary/aromatic N) is 1. The van der Waals surface area contributed by atoms with E-state index in [2.05, 4.69) is 24.5 Å². The van der Waals surface area contributed by atoms with Crippen molar-refractivity contribution in [1.82, 2.24) is 4.90 Å². The molecule has 100 valence electrons. The Kier molecular flexibility index (Phi) is 5.23. The van der Waals surface area contributed by atoms with Crippen LogP contribution in [0.15, 0.2) is 0 Å². The Morgan fingerprint density at radius 3 is 2.53 bits per heavy atom. The van der Waals surface area contributed by atoms with Crippen LogP contribution in [0.3, 0.4) is 0 Å². The number of hydrogen-bond donors (Lipinski definition) is 1. The van der Waals surface area contributed by atoms with Crippen LogP contribution < -0.4 is 0 Å². The number of hydrogen-bond acceptors (Lipinski definition) is 2. The van der Waals surface area contributed by atoms with Gasteiger partial charge in [0.05, 0.1) is 0 Å². The molecule has 1 atom stereocenters. The van der Waals surface area contributed by atoms with Gasteiger partial charge < -0.3 is 0 Å². The Balaban J connectivity index is 1.98. The van der Waals surface area contributed by atoms with Crippen LogP contribution in [0.5, 0.6) is 0 Å². The topological polar surface area (TPSA) is 3.24 Å². The average Bonchev–Trinajstić information content (AvgIpc) is 2.70. The van der Waals surface area contributed by atoms with Gasteiger partial charge >= 0.3 is 0 Å². The first-order valence-corrected chi connectivity index (χ1v) is 8.28. The van der Waals surface area contributed by atoms with Gasteiger partial charge in [-0.25, -0.2) is 0 Å². The minimum atomic E-state index is 0.556. The van der Waals surface area contributed by atoms with E-state index in [9.17, 15) is 0 Å². The molecule has 0 amide bonds. The van der Waals surface area contributed by atoms with Gasteiger partial charge in [-0.05, 0) is 49.8 Å². The number of likely N-dealkylation sites (tertiary alicyclic amines) is 1. The molecule has 0 spiro atoms. The average molecular weight is 255 g/mol. The van der Waals surface area contributed by atoms with Gasteiger partial charge in [-0.3, -0.25) is 4.90 Å². The molecule has 1 nitrogen and oxygen atoms in total. The maximum absolute atomic E-state index is 4.66. The summed E-state index contributed by atoms with van der Waals surface area (Å²) in [6, 6.07) is 0.856. The molecule has 0 bridgehead atoms. The minimum Gasteiger partial charge on any atom is -0.300 e. The SMILES string of the molecule is CCC1CCCCCN1CC1(CS)CCCC1. The summed E-state index contributed by atoms with van der Waals surface area (Å²) in [6.07, 6.45) is 12.8. The monoisotopic (exact) mass is 255 g/mol. The molecule has 2 aliphatic rings. The molecule has 0 aromatic rings. The lowest BCUT2D eigenvalue weighted by Crippen LogP contribution is -2.43. The molecular formula is C15H29NS. The van der Waals surface area contributed by atoms with Crippen molar-refractivity contribution in [2.24, 2.45) is 5.41 Å². The van der Waals surface area contributed by atoms with Gasteiger partial charge in [0.15, 0.2) is 0 Å². The Morgan fingerprint density at radius 1 is 1.12 bits per heavy atom. The second kappa shape index (κ2) is 6.47. The highest BCUT2D eigenvalue weighted by Gasteiger charge is 2.35. The molecule has 2 rings (SSSR count). The van der Waals surface area contributed by atoms with Gasteiger partial charge in [-0.2, -0.15) is 12.6 Å². The zero-order valence-electron chi connectivity index (χ0n) is 11.5. The van der Waals surface area contributed by atoms with E-state index in [1.54, 1.807) is 0 Å². The van der Waals surface area contributed by atoms with Crippen molar-refractivity contribution in [2.75, 3.05) is 18.8 Å². The first kappa shape index (κ1) is 13.7. The van der Waals surface area contributed by atoms with Crippen LogP contribution in [-0.4, -0.2) is 29.8 Å². The standard InChI is InChI=1S/C15H29NS/c1-2-14-8-4-3-7-11-16(14)12-15(13-17)9-5-6-10-15/h14,17H,2-13H2,1H3. The summed E-state index contributed by atoms with van der Waals surface area (Å²) >= 11 is 4.66. The summed E-state index contributed by atoms with van der Waals surface area (Å²) in [5, 5.41) is 0. The summed E-state index contributed by atoms with van der Waals surface area (Å²) in [5.41, 5.74) is 0.556. The van der Waals surface area contributed by atoms with Crippen LogP contribution in [0.25, 0.3) is 0 Å². The van der Waals surface area contributed by atoms with Crippen LogP contribution in [0.1, 0.15) is 64.7 Å². The molecule has 0 aromatic heterocycles. The predicted molar refractivity (Wildman–Crippen MR) is 78.9 cm³/mol. The van der Waals surface area contributed by atoms with Crippen LogP contribution in [0.2, 0.25) is 0 Å². The van der Waals surface area contributed by atoms with Crippen molar-refractivity contribution in [3.05, 3.63) is 0 Å². The summed E-state index contributed by atoms with van der Waals surface area (Å²) < 4.78 is 0. The van der Waals surface area contributed by atoms with Crippen LogP contribution in [0.4, 0.5) is 0 Å². The Hall–Kier alpha value is 0.310. The fourth-order valence-electron chi connectivity index (χ4n) is 3.83. The Bertz CT molecular complexity index is 223. The van der Waals surface area contributed by atoms with Gasteiger partial charge in [-0.15, -0.1) is 0 Å². The van der Waals surface area contributed by atoms with Gasteiger partial charge in [0.2, 0.25) is 0 Å². The third-order valence-electron chi connectivity index (χ3n) is 5.01. The first-order valence-electron chi connectivity index (χ1n) is 7.64. The van der Waals surface area contributed by atoms with E-state index in [1.807, 2.05) is 0 Å². The smallest absolute Gasteiger partial charge is 0.00928 e. The zero-order chi connectivity index (χ0) is 12.1. The van der Waals surface area contributed by atoms with Crippen molar-refractivity contribution in [1.29, 1.82) is 0 Å². The van der Waals surface area contributed by atoms with Crippen LogP contribution in [-0.2, 0) is 0 Å². The molecular weight excluding hydrogens is 226 g/mol. The Labute approximate surface area is 113 Å². The van der Waals surface area contributed by atoms with Crippen molar-refractivity contribution >= 4 is 12.6 Å².